The first-order chi connectivity index (χ1) is 14.3. The third kappa shape index (κ3) is 5.46. The Morgan fingerprint density at radius 2 is 1.67 bits per heavy atom. The zero-order valence-electron chi connectivity index (χ0n) is 17.1. The van der Waals surface area contributed by atoms with E-state index in [1.54, 1.807) is 0 Å². The highest BCUT2D eigenvalue weighted by molar-refractivity contribution is 5.00. The highest BCUT2D eigenvalue weighted by Crippen LogP contribution is 2.28. The van der Waals surface area contributed by atoms with E-state index < -0.39 is 67.6 Å². The van der Waals surface area contributed by atoms with Crippen LogP contribution >= 0.6 is 0 Å². The minimum absolute atomic E-state index is 0.306. The number of aliphatic hydroxyl groups excluding tert-OH is 4. The molecule has 3 fully saturated rings. The highest BCUT2D eigenvalue weighted by Gasteiger charge is 2.48. The Balaban J connectivity index is 1.64. The molecule has 0 aromatic carbocycles. The summed E-state index contributed by atoms with van der Waals surface area (Å²) in [6.07, 6.45) is -7.17. The minimum Gasteiger partial charge on any atom is -0.394 e. The van der Waals surface area contributed by atoms with E-state index in [-0.39, 0.29) is 0 Å². The van der Waals surface area contributed by atoms with Gasteiger partial charge in [-0.1, -0.05) is 0 Å². The van der Waals surface area contributed by atoms with Crippen LogP contribution in [0.1, 0.15) is 6.42 Å². The number of nitrogens with one attached hydrogen (secondary N) is 1. The molecule has 0 bridgehead atoms. The van der Waals surface area contributed by atoms with Gasteiger partial charge in [-0.15, -0.1) is 0 Å². The Kier molecular flexibility index (Phi) is 8.78. The quantitative estimate of drug-likeness (QED) is 0.189. The minimum atomic E-state index is -1.35. The van der Waals surface area contributed by atoms with E-state index in [4.69, 9.17) is 31.4 Å². The standard InChI is InChI=1S/C18H37N5O7/c19-9-7-10(20)16(30-18-12(21)15(27)14(26)11(8-24)29-18)17(13(9)25)28-6-5-23-3-1-22-2-4-23/h9-18,22,24-27H,1-8,19-21H2/t9-,10+,11-,12-,13+,14-,15-,16-,17-,18-/m1/s1. The molecule has 176 valence electrons. The van der Waals surface area contributed by atoms with Crippen LogP contribution in [0.5, 0.6) is 0 Å². The molecule has 0 aromatic rings. The zero-order valence-corrected chi connectivity index (χ0v) is 17.1. The van der Waals surface area contributed by atoms with Crippen molar-refractivity contribution in [1.29, 1.82) is 0 Å². The van der Waals surface area contributed by atoms with Crippen LogP contribution < -0.4 is 22.5 Å². The van der Waals surface area contributed by atoms with Gasteiger partial charge in [-0.25, -0.2) is 0 Å². The van der Waals surface area contributed by atoms with E-state index in [2.05, 4.69) is 10.2 Å². The van der Waals surface area contributed by atoms with Crippen molar-refractivity contribution in [1.82, 2.24) is 10.2 Å². The molecular formula is C18H37N5O7. The summed E-state index contributed by atoms with van der Waals surface area (Å²) in [7, 11) is 0. The van der Waals surface area contributed by atoms with Crippen LogP contribution in [-0.2, 0) is 14.2 Å². The summed E-state index contributed by atoms with van der Waals surface area (Å²) in [5.41, 5.74) is 18.3. The molecule has 0 amide bonds. The van der Waals surface area contributed by atoms with E-state index in [1.165, 1.54) is 0 Å². The molecule has 0 unspecified atom stereocenters. The van der Waals surface area contributed by atoms with E-state index in [9.17, 15) is 20.4 Å². The molecule has 12 heteroatoms. The molecule has 2 saturated heterocycles. The van der Waals surface area contributed by atoms with Gasteiger partial charge in [0.05, 0.1) is 25.4 Å². The third-order valence-electron chi connectivity index (χ3n) is 6.21. The zero-order chi connectivity index (χ0) is 21.8. The fourth-order valence-corrected chi connectivity index (χ4v) is 4.27. The number of nitrogens with zero attached hydrogens (tertiary/aromatic N) is 1. The molecule has 2 heterocycles. The smallest absolute Gasteiger partial charge is 0.176 e. The lowest BCUT2D eigenvalue weighted by Crippen LogP contribution is -2.67. The SMILES string of the molecule is N[C@H]1[C@@H](O[C@H]2[C@H](OCCN3CCNCC3)[C@@H](O)[C@H](N)C[C@@H]2N)O[C@H](CO)[C@@H](O)[C@@H]1O. The van der Waals surface area contributed by atoms with Crippen molar-refractivity contribution in [2.24, 2.45) is 17.2 Å². The lowest BCUT2D eigenvalue weighted by atomic mass is 9.84. The van der Waals surface area contributed by atoms with Gasteiger partial charge in [0.15, 0.2) is 6.29 Å². The van der Waals surface area contributed by atoms with E-state index >= 15 is 0 Å². The maximum absolute atomic E-state index is 10.6. The Morgan fingerprint density at radius 1 is 0.967 bits per heavy atom. The lowest BCUT2D eigenvalue weighted by molar-refractivity contribution is -0.296. The van der Waals surface area contributed by atoms with Gasteiger partial charge in [0.2, 0.25) is 0 Å². The molecular weight excluding hydrogens is 398 g/mol. The van der Waals surface area contributed by atoms with Gasteiger partial charge in [-0.3, -0.25) is 4.90 Å². The van der Waals surface area contributed by atoms with Gasteiger partial charge in [0.25, 0.3) is 0 Å². The summed E-state index contributed by atoms with van der Waals surface area (Å²) in [6, 6.07) is -2.19. The molecule has 0 radical (unpaired) electrons. The predicted molar refractivity (Wildman–Crippen MR) is 106 cm³/mol. The van der Waals surface area contributed by atoms with Crippen molar-refractivity contribution in [2.75, 3.05) is 45.9 Å². The monoisotopic (exact) mass is 435 g/mol. The number of aliphatic hydroxyl groups is 4. The van der Waals surface area contributed by atoms with E-state index in [0.717, 1.165) is 26.2 Å². The summed E-state index contributed by atoms with van der Waals surface area (Å²) in [5.74, 6) is 0. The van der Waals surface area contributed by atoms with Crippen molar-refractivity contribution >= 4 is 0 Å². The van der Waals surface area contributed by atoms with Crippen molar-refractivity contribution in [2.45, 2.75) is 67.5 Å². The summed E-state index contributed by atoms with van der Waals surface area (Å²) >= 11 is 0. The molecule has 10 atom stereocenters. The maximum Gasteiger partial charge on any atom is 0.176 e. The molecule has 1 aliphatic carbocycles. The van der Waals surface area contributed by atoms with Crippen LogP contribution in [0.2, 0.25) is 0 Å². The second kappa shape index (κ2) is 10.9. The molecule has 30 heavy (non-hydrogen) atoms. The van der Waals surface area contributed by atoms with E-state index in [1.807, 2.05) is 0 Å². The Morgan fingerprint density at radius 3 is 2.33 bits per heavy atom. The Bertz CT molecular complexity index is 527. The molecule has 11 N–H and O–H groups in total. The maximum atomic E-state index is 10.6. The summed E-state index contributed by atoms with van der Waals surface area (Å²) in [4.78, 5) is 2.26. The van der Waals surface area contributed by atoms with Gasteiger partial charge >= 0.3 is 0 Å². The van der Waals surface area contributed by atoms with E-state index in [0.29, 0.717) is 19.6 Å². The lowest BCUT2D eigenvalue weighted by Gasteiger charge is -2.46. The Hall–Kier alpha value is -0.480. The van der Waals surface area contributed by atoms with Gasteiger partial charge in [0.1, 0.15) is 30.5 Å². The van der Waals surface area contributed by atoms with Crippen LogP contribution in [0.4, 0.5) is 0 Å². The van der Waals surface area contributed by atoms with Crippen LogP contribution in [0.3, 0.4) is 0 Å². The summed E-state index contributed by atoms with van der Waals surface area (Å²) in [6.45, 7) is 4.22. The van der Waals surface area contributed by atoms with Crippen LogP contribution in [0, 0.1) is 0 Å². The van der Waals surface area contributed by atoms with Crippen molar-refractivity contribution in [3.05, 3.63) is 0 Å². The number of piperazine rings is 1. The van der Waals surface area contributed by atoms with Gasteiger partial charge < -0.3 is 57.2 Å². The van der Waals surface area contributed by atoms with Gasteiger partial charge in [-0.2, -0.15) is 0 Å². The third-order valence-corrected chi connectivity index (χ3v) is 6.21. The molecule has 3 rings (SSSR count). The second-order valence-corrected chi connectivity index (χ2v) is 8.37. The molecule has 0 spiro atoms. The first-order valence-electron chi connectivity index (χ1n) is 10.6. The fourth-order valence-electron chi connectivity index (χ4n) is 4.27. The van der Waals surface area contributed by atoms with Crippen molar-refractivity contribution in [3.8, 4) is 0 Å². The molecule has 0 aromatic heterocycles. The molecule has 12 nitrogen and oxygen atoms in total. The second-order valence-electron chi connectivity index (χ2n) is 8.37. The Labute approximate surface area is 176 Å². The summed E-state index contributed by atoms with van der Waals surface area (Å²) in [5, 5.41) is 43.5. The topological polar surface area (TPSA) is 202 Å². The van der Waals surface area contributed by atoms with Gasteiger partial charge in [0, 0.05) is 44.8 Å². The number of ether oxygens (including phenoxy) is 3. The van der Waals surface area contributed by atoms with Crippen molar-refractivity contribution in [3.63, 3.8) is 0 Å². The largest absolute Gasteiger partial charge is 0.394 e. The average molecular weight is 436 g/mol. The first kappa shape index (κ1) is 24.2. The van der Waals surface area contributed by atoms with Crippen LogP contribution in [0.15, 0.2) is 0 Å². The molecule has 2 aliphatic heterocycles. The van der Waals surface area contributed by atoms with Crippen molar-refractivity contribution < 1.29 is 34.6 Å². The average Bonchev–Trinajstić information content (AvgIpc) is 2.74. The predicted octanol–water partition coefficient (Wildman–Crippen LogP) is -5.15. The number of hydrogen-bond acceptors (Lipinski definition) is 12. The first-order valence-corrected chi connectivity index (χ1v) is 10.6. The summed E-state index contributed by atoms with van der Waals surface area (Å²) < 4.78 is 17.5. The molecule has 1 saturated carbocycles. The molecule has 3 aliphatic rings. The normalized spacial score (nSPS) is 46.1. The highest BCUT2D eigenvalue weighted by atomic mass is 16.7. The van der Waals surface area contributed by atoms with Crippen LogP contribution in [0.25, 0.3) is 0 Å². The number of rotatable bonds is 7. The fraction of sp³-hybridized carbons (Fsp3) is 1.00. The van der Waals surface area contributed by atoms with Gasteiger partial charge in [-0.05, 0) is 6.42 Å². The number of hydrogen-bond donors (Lipinski definition) is 8. The number of nitrogens with two attached hydrogens (primary N) is 3. The van der Waals surface area contributed by atoms with Crippen LogP contribution in [-0.4, -0.2) is 132 Å².